The van der Waals surface area contributed by atoms with E-state index >= 15 is 0 Å². The maximum atomic E-state index is 12.1. The Balaban J connectivity index is 2.65. The lowest BCUT2D eigenvalue weighted by Gasteiger charge is -2.17. The lowest BCUT2D eigenvalue weighted by Crippen LogP contribution is -2.11. The van der Waals surface area contributed by atoms with Crippen LogP contribution < -0.4 is 0 Å². The van der Waals surface area contributed by atoms with Crippen LogP contribution in [-0.2, 0) is 14.6 Å². The minimum Gasteiger partial charge on any atom is -0.465 e. The SMILES string of the molecule is COC(=O)c1ccc(C2CCCC2)c(S(C)(=O)=O)c1Br. The van der Waals surface area contributed by atoms with Crippen LogP contribution in [0.5, 0.6) is 0 Å². The number of hydrogen-bond acceptors (Lipinski definition) is 4. The summed E-state index contributed by atoms with van der Waals surface area (Å²) >= 11 is 3.28. The van der Waals surface area contributed by atoms with E-state index in [0.29, 0.717) is 4.47 Å². The van der Waals surface area contributed by atoms with Gasteiger partial charge in [0.25, 0.3) is 0 Å². The Hall–Kier alpha value is -0.880. The number of esters is 1. The zero-order chi connectivity index (χ0) is 14.9. The summed E-state index contributed by atoms with van der Waals surface area (Å²) in [5, 5.41) is 0. The average molecular weight is 361 g/mol. The lowest BCUT2D eigenvalue weighted by molar-refractivity contribution is 0.0599. The largest absolute Gasteiger partial charge is 0.465 e. The molecule has 1 aromatic rings. The van der Waals surface area contributed by atoms with Crippen molar-refractivity contribution in [1.29, 1.82) is 0 Å². The van der Waals surface area contributed by atoms with Gasteiger partial charge in [0, 0.05) is 6.26 Å². The Morgan fingerprint density at radius 1 is 1.30 bits per heavy atom. The van der Waals surface area contributed by atoms with Gasteiger partial charge in [-0.2, -0.15) is 0 Å². The van der Waals surface area contributed by atoms with E-state index < -0.39 is 15.8 Å². The fourth-order valence-electron chi connectivity index (χ4n) is 2.77. The summed E-state index contributed by atoms with van der Waals surface area (Å²) < 4.78 is 29.2. The first-order valence-corrected chi connectivity index (χ1v) is 9.15. The molecule has 110 valence electrons. The van der Waals surface area contributed by atoms with Gasteiger partial charge < -0.3 is 4.74 Å². The van der Waals surface area contributed by atoms with Gasteiger partial charge in [-0.05, 0) is 46.3 Å². The molecule has 0 aliphatic heterocycles. The number of carbonyl (C=O) groups is 1. The summed E-state index contributed by atoms with van der Waals surface area (Å²) in [6.07, 6.45) is 5.39. The molecule has 0 atom stereocenters. The minimum atomic E-state index is -3.42. The van der Waals surface area contributed by atoms with Crippen molar-refractivity contribution in [2.24, 2.45) is 0 Å². The summed E-state index contributed by atoms with van der Waals surface area (Å²) in [6.45, 7) is 0. The molecule has 0 aromatic heterocycles. The molecule has 20 heavy (non-hydrogen) atoms. The van der Waals surface area contributed by atoms with Crippen molar-refractivity contribution in [3.63, 3.8) is 0 Å². The van der Waals surface area contributed by atoms with E-state index in [1.54, 1.807) is 12.1 Å². The second-order valence-electron chi connectivity index (χ2n) is 5.09. The molecule has 6 heteroatoms. The molecule has 0 amide bonds. The molecule has 1 aromatic carbocycles. The molecule has 0 N–H and O–H groups in total. The minimum absolute atomic E-state index is 0.229. The summed E-state index contributed by atoms with van der Waals surface area (Å²) in [7, 11) is -2.14. The van der Waals surface area contributed by atoms with Crippen molar-refractivity contribution in [3.05, 3.63) is 27.7 Å². The predicted molar refractivity (Wildman–Crippen MR) is 79.8 cm³/mol. The molecule has 0 saturated heterocycles. The van der Waals surface area contributed by atoms with Crippen LogP contribution in [-0.4, -0.2) is 27.8 Å². The number of carbonyl (C=O) groups excluding carboxylic acids is 1. The molecule has 0 heterocycles. The van der Waals surface area contributed by atoms with Gasteiger partial charge in [0.05, 0.1) is 22.0 Å². The first kappa shape index (κ1) is 15.5. The molecule has 1 fully saturated rings. The predicted octanol–water partition coefficient (Wildman–Crippen LogP) is 3.30. The molecular weight excluding hydrogens is 344 g/mol. The summed E-state index contributed by atoms with van der Waals surface area (Å²) in [5.74, 6) is -0.289. The normalized spacial score (nSPS) is 16.4. The third kappa shape index (κ3) is 2.91. The molecule has 0 unspecified atom stereocenters. The van der Waals surface area contributed by atoms with Crippen molar-refractivity contribution >= 4 is 31.7 Å². The van der Waals surface area contributed by atoms with Crippen molar-refractivity contribution in [2.45, 2.75) is 36.5 Å². The number of sulfone groups is 1. The smallest absolute Gasteiger partial charge is 0.339 e. The van der Waals surface area contributed by atoms with Crippen LogP contribution in [0.4, 0.5) is 0 Å². The van der Waals surface area contributed by atoms with Crippen molar-refractivity contribution in [2.75, 3.05) is 13.4 Å². The van der Waals surface area contributed by atoms with Crippen LogP contribution in [0, 0.1) is 0 Å². The van der Waals surface area contributed by atoms with E-state index in [1.165, 1.54) is 13.4 Å². The highest BCUT2D eigenvalue weighted by atomic mass is 79.9. The van der Waals surface area contributed by atoms with Gasteiger partial charge in [-0.25, -0.2) is 13.2 Å². The van der Waals surface area contributed by atoms with E-state index in [-0.39, 0.29) is 16.4 Å². The van der Waals surface area contributed by atoms with E-state index in [2.05, 4.69) is 20.7 Å². The van der Waals surface area contributed by atoms with E-state index in [0.717, 1.165) is 31.2 Å². The number of hydrogen-bond donors (Lipinski definition) is 0. The van der Waals surface area contributed by atoms with Crippen LogP contribution >= 0.6 is 15.9 Å². The van der Waals surface area contributed by atoms with Crippen LogP contribution in [0.2, 0.25) is 0 Å². The second kappa shape index (κ2) is 5.85. The van der Waals surface area contributed by atoms with Gasteiger partial charge in [-0.15, -0.1) is 0 Å². The second-order valence-corrected chi connectivity index (χ2v) is 7.84. The zero-order valence-electron chi connectivity index (χ0n) is 11.5. The Morgan fingerprint density at radius 2 is 1.90 bits per heavy atom. The van der Waals surface area contributed by atoms with Crippen LogP contribution in [0.25, 0.3) is 0 Å². The number of halogens is 1. The third-order valence-electron chi connectivity index (χ3n) is 3.70. The van der Waals surface area contributed by atoms with Gasteiger partial charge in [-0.3, -0.25) is 0 Å². The molecule has 0 bridgehead atoms. The Bertz CT molecular complexity index is 631. The molecular formula is C14H17BrO4S. The lowest BCUT2D eigenvalue weighted by atomic mass is 9.96. The molecule has 1 aliphatic rings. The Kier molecular flexibility index (Phi) is 4.54. The number of methoxy groups -OCH3 is 1. The first-order valence-electron chi connectivity index (χ1n) is 6.47. The first-order chi connectivity index (χ1) is 9.36. The summed E-state index contributed by atoms with van der Waals surface area (Å²) in [5.41, 5.74) is 1.05. The standard InChI is InChI=1S/C14H17BrO4S/c1-19-14(16)11-8-7-10(9-5-3-4-6-9)13(12(11)15)20(2,17)18/h7-9H,3-6H2,1-2H3. The highest BCUT2D eigenvalue weighted by Gasteiger charge is 2.28. The number of ether oxygens (including phenoxy) is 1. The van der Waals surface area contributed by atoms with Crippen molar-refractivity contribution < 1.29 is 17.9 Å². The van der Waals surface area contributed by atoms with Gasteiger partial charge >= 0.3 is 5.97 Å². The Morgan fingerprint density at radius 3 is 2.40 bits per heavy atom. The molecule has 1 saturated carbocycles. The van der Waals surface area contributed by atoms with Crippen LogP contribution in [0.1, 0.15) is 47.5 Å². The summed E-state index contributed by atoms with van der Waals surface area (Å²) in [6, 6.07) is 3.39. The molecule has 0 radical (unpaired) electrons. The van der Waals surface area contributed by atoms with E-state index in [1.807, 2.05) is 0 Å². The van der Waals surface area contributed by atoms with Crippen LogP contribution in [0.15, 0.2) is 21.5 Å². The number of benzene rings is 1. The van der Waals surface area contributed by atoms with Crippen molar-refractivity contribution in [3.8, 4) is 0 Å². The monoisotopic (exact) mass is 360 g/mol. The molecule has 4 nitrogen and oxygen atoms in total. The van der Waals surface area contributed by atoms with E-state index in [9.17, 15) is 13.2 Å². The summed E-state index contributed by atoms with van der Waals surface area (Å²) in [4.78, 5) is 11.9. The van der Waals surface area contributed by atoms with Gasteiger partial charge in [0.2, 0.25) is 0 Å². The molecule has 0 spiro atoms. The molecule has 2 rings (SSSR count). The fourth-order valence-corrected chi connectivity index (χ4v) is 5.28. The van der Waals surface area contributed by atoms with Gasteiger partial charge in [0.1, 0.15) is 0 Å². The number of rotatable bonds is 3. The Labute approximate surface area is 127 Å². The van der Waals surface area contributed by atoms with Crippen molar-refractivity contribution in [1.82, 2.24) is 0 Å². The maximum absolute atomic E-state index is 12.1. The van der Waals surface area contributed by atoms with Crippen LogP contribution in [0.3, 0.4) is 0 Å². The van der Waals surface area contributed by atoms with Gasteiger partial charge in [0.15, 0.2) is 9.84 Å². The highest BCUT2D eigenvalue weighted by Crippen LogP contribution is 2.40. The fraction of sp³-hybridized carbons (Fsp3) is 0.500. The van der Waals surface area contributed by atoms with E-state index in [4.69, 9.17) is 0 Å². The topological polar surface area (TPSA) is 60.4 Å². The molecule has 1 aliphatic carbocycles. The van der Waals surface area contributed by atoms with Gasteiger partial charge in [-0.1, -0.05) is 18.9 Å². The zero-order valence-corrected chi connectivity index (χ0v) is 13.9. The highest BCUT2D eigenvalue weighted by molar-refractivity contribution is 9.10. The quantitative estimate of drug-likeness (QED) is 0.775. The maximum Gasteiger partial charge on any atom is 0.339 e. The third-order valence-corrected chi connectivity index (χ3v) is 5.97. The average Bonchev–Trinajstić information content (AvgIpc) is 2.89.